The summed E-state index contributed by atoms with van der Waals surface area (Å²) in [5, 5.41) is 4.84. The van der Waals surface area contributed by atoms with Gasteiger partial charge in [0.2, 0.25) is 10.0 Å². The maximum Gasteiger partial charge on any atom is 0.241 e. The molecule has 1 saturated heterocycles. The second-order valence-electron chi connectivity index (χ2n) is 5.67. The topological polar surface area (TPSA) is 61.4 Å². The van der Waals surface area contributed by atoms with Crippen LogP contribution in [0.3, 0.4) is 0 Å². The predicted octanol–water partition coefficient (Wildman–Crippen LogP) is 1.48. The third kappa shape index (κ3) is 4.75. The SMILES string of the molecule is CNCc1sccc1S(=O)(=O)NCCC1CCN(C)CC1. The first-order chi connectivity index (χ1) is 10.0. The van der Waals surface area contributed by atoms with Crippen LogP contribution in [-0.4, -0.2) is 47.0 Å². The molecule has 0 unspecified atom stereocenters. The van der Waals surface area contributed by atoms with Gasteiger partial charge in [0.05, 0.1) is 4.90 Å². The molecule has 1 aliphatic rings. The highest BCUT2D eigenvalue weighted by Gasteiger charge is 2.21. The molecule has 2 rings (SSSR count). The quantitative estimate of drug-likeness (QED) is 0.794. The van der Waals surface area contributed by atoms with Crippen LogP contribution in [0.4, 0.5) is 0 Å². The number of likely N-dealkylation sites (tertiary alicyclic amines) is 1. The van der Waals surface area contributed by atoms with E-state index >= 15 is 0 Å². The molecule has 0 saturated carbocycles. The lowest BCUT2D eigenvalue weighted by molar-refractivity contribution is 0.213. The maximum absolute atomic E-state index is 12.3. The van der Waals surface area contributed by atoms with E-state index in [4.69, 9.17) is 0 Å². The largest absolute Gasteiger partial charge is 0.315 e. The van der Waals surface area contributed by atoms with Crippen molar-refractivity contribution in [1.29, 1.82) is 0 Å². The van der Waals surface area contributed by atoms with E-state index in [-0.39, 0.29) is 0 Å². The molecular weight excluding hydrogens is 306 g/mol. The maximum atomic E-state index is 12.3. The Kier molecular flexibility index (Phi) is 6.19. The van der Waals surface area contributed by atoms with Gasteiger partial charge < -0.3 is 10.2 Å². The van der Waals surface area contributed by atoms with E-state index < -0.39 is 10.0 Å². The van der Waals surface area contributed by atoms with Gasteiger partial charge in [0.25, 0.3) is 0 Å². The van der Waals surface area contributed by atoms with Gasteiger partial charge in [-0.15, -0.1) is 11.3 Å². The average Bonchev–Trinajstić information content (AvgIpc) is 2.90. The van der Waals surface area contributed by atoms with Crippen LogP contribution in [0.5, 0.6) is 0 Å². The molecule has 1 aliphatic heterocycles. The first-order valence-electron chi connectivity index (χ1n) is 7.42. The van der Waals surface area contributed by atoms with Crippen LogP contribution in [0, 0.1) is 5.92 Å². The van der Waals surface area contributed by atoms with E-state index in [1.807, 2.05) is 12.4 Å². The summed E-state index contributed by atoms with van der Waals surface area (Å²) in [5.74, 6) is 0.642. The standard InChI is InChI=1S/C14H25N3O2S2/c1-15-11-13-14(6-10-20-13)21(18,19)16-7-3-12-4-8-17(2)9-5-12/h6,10,12,15-16H,3-5,7-9,11H2,1-2H3. The summed E-state index contributed by atoms with van der Waals surface area (Å²) >= 11 is 1.48. The molecular formula is C14H25N3O2S2. The number of sulfonamides is 1. The minimum Gasteiger partial charge on any atom is -0.315 e. The van der Waals surface area contributed by atoms with Crippen molar-refractivity contribution < 1.29 is 8.42 Å². The molecule has 1 aromatic rings. The molecule has 7 heteroatoms. The van der Waals surface area contributed by atoms with E-state index in [0.717, 1.165) is 24.4 Å². The Morgan fingerprint density at radius 2 is 2.10 bits per heavy atom. The van der Waals surface area contributed by atoms with Crippen molar-refractivity contribution in [3.63, 3.8) is 0 Å². The predicted molar refractivity (Wildman–Crippen MR) is 87.1 cm³/mol. The van der Waals surface area contributed by atoms with Crippen LogP contribution in [-0.2, 0) is 16.6 Å². The first kappa shape index (κ1) is 16.9. The molecule has 0 spiro atoms. The highest BCUT2D eigenvalue weighted by molar-refractivity contribution is 7.89. The summed E-state index contributed by atoms with van der Waals surface area (Å²) < 4.78 is 27.4. The van der Waals surface area contributed by atoms with Crippen molar-refractivity contribution in [3.8, 4) is 0 Å². The lowest BCUT2D eigenvalue weighted by Gasteiger charge is -2.28. The molecule has 0 bridgehead atoms. The Morgan fingerprint density at radius 3 is 2.76 bits per heavy atom. The number of hydrogen-bond acceptors (Lipinski definition) is 5. The smallest absolute Gasteiger partial charge is 0.241 e. The van der Waals surface area contributed by atoms with E-state index in [2.05, 4.69) is 22.0 Å². The normalized spacial score (nSPS) is 18.2. The van der Waals surface area contributed by atoms with Gasteiger partial charge in [-0.2, -0.15) is 0 Å². The molecule has 120 valence electrons. The molecule has 2 N–H and O–H groups in total. The van der Waals surface area contributed by atoms with Crippen molar-refractivity contribution in [2.24, 2.45) is 5.92 Å². The Bertz CT molecular complexity index is 534. The zero-order valence-corrected chi connectivity index (χ0v) is 14.4. The molecule has 21 heavy (non-hydrogen) atoms. The zero-order chi connectivity index (χ0) is 15.3. The van der Waals surface area contributed by atoms with E-state index in [1.54, 1.807) is 6.07 Å². The average molecular weight is 332 g/mol. The van der Waals surface area contributed by atoms with E-state index in [1.165, 1.54) is 24.2 Å². The molecule has 1 fully saturated rings. The molecule has 5 nitrogen and oxygen atoms in total. The third-order valence-electron chi connectivity index (χ3n) is 4.01. The second kappa shape index (κ2) is 7.69. The van der Waals surface area contributed by atoms with Gasteiger partial charge in [-0.3, -0.25) is 0 Å². The van der Waals surface area contributed by atoms with E-state index in [9.17, 15) is 8.42 Å². The number of nitrogens with one attached hydrogen (secondary N) is 2. The summed E-state index contributed by atoms with van der Waals surface area (Å²) in [6.45, 7) is 3.36. The second-order valence-corrected chi connectivity index (χ2v) is 8.41. The summed E-state index contributed by atoms with van der Waals surface area (Å²) in [4.78, 5) is 3.62. The number of thiophene rings is 1. The molecule has 2 heterocycles. The molecule has 0 atom stereocenters. The molecule has 0 aliphatic carbocycles. The van der Waals surface area contributed by atoms with Crippen LogP contribution in [0.1, 0.15) is 24.1 Å². The first-order valence-corrected chi connectivity index (χ1v) is 9.78. The van der Waals surface area contributed by atoms with Crippen LogP contribution in [0.2, 0.25) is 0 Å². The van der Waals surface area contributed by atoms with Crippen molar-refractivity contribution >= 4 is 21.4 Å². The van der Waals surface area contributed by atoms with Gasteiger partial charge in [0.15, 0.2) is 0 Å². The van der Waals surface area contributed by atoms with Gasteiger partial charge in [0.1, 0.15) is 0 Å². The third-order valence-corrected chi connectivity index (χ3v) is 6.61. The fourth-order valence-electron chi connectivity index (χ4n) is 2.68. The summed E-state index contributed by atoms with van der Waals surface area (Å²) in [7, 11) is 0.589. The number of rotatable bonds is 7. The van der Waals surface area contributed by atoms with E-state index in [0.29, 0.717) is 23.9 Å². The number of piperidine rings is 1. The van der Waals surface area contributed by atoms with Gasteiger partial charge >= 0.3 is 0 Å². The minimum atomic E-state index is -3.37. The summed E-state index contributed by atoms with van der Waals surface area (Å²) in [6.07, 6.45) is 3.27. The van der Waals surface area contributed by atoms with Gasteiger partial charge in [0, 0.05) is 18.0 Å². The summed E-state index contributed by atoms with van der Waals surface area (Å²) in [5.41, 5.74) is 0. The van der Waals surface area contributed by atoms with Gasteiger partial charge in [-0.05, 0) is 63.8 Å². The fraction of sp³-hybridized carbons (Fsp3) is 0.714. The van der Waals surface area contributed by atoms with Gasteiger partial charge in [-0.1, -0.05) is 0 Å². The Labute approximate surface area is 131 Å². The number of hydrogen-bond donors (Lipinski definition) is 2. The molecule has 0 aromatic carbocycles. The Hall–Kier alpha value is -0.470. The monoisotopic (exact) mass is 331 g/mol. The lowest BCUT2D eigenvalue weighted by atomic mass is 9.94. The van der Waals surface area contributed by atoms with Crippen molar-refractivity contribution in [2.45, 2.75) is 30.7 Å². The van der Waals surface area contributed by atoms with Crippen LogP contribution in [0.15, 0.2) is 16.3 Å². The van der Waals surface area contributed by atoms with Crippen molar-refractivity contribution in [3.05, 3.63) is 16.3 Å². The highest BCUT2D eigenvalue weighted by atomic mass is 32.2. The Balaban J connectivity index is 1.85. The Morgan fingerprint density at radius 1 is 1.38 bits per heavy atom. The number of nitrogens with zero attached hydrogens (tertiary/aromatic N) is 1. The van der Waals surface area contributed by atoms with Crippen molar-refractivity contribution in [1.82, 2.24) is 14.9 Å². The fourth-order valence-corrected chi connectivity index (χ4v) is 5.18. The van der Waals surface area contributed by atoms with Crippen LogP contribution >= 0.6 is 11.3 Å². The van der Waals surface area contributed by atoms with Crippen molar-refractivity contribution in [2.75, 3.05) is 33.7 Å². The lowest BCUT2D eigenvalue weighted by Crippen LogP contribution is -2.32. The van der Waals surface area contributed by atoms with Crippen LogP contribution < -0.4 is 10.0 Å². The molecule has 1 aromatic heterocycles. The highest BCUT2D eigenvalue weighted by Crippen LogP contribution is 2.22. The van der Waals surface area contributed by atoms with Crippen LogP contribution in [0.25, 0.3) is 0 Å². The zero-order valence-electron chi connectivity index (χ0n) is 12.8. The van der Waals surface area contributed by atoms with Gasteiger partial charge in [-0.25, -0.2) is 13.1 Å². The molecule has 0 radical (unpaired) electrons. The minimum absolute atomic E-state index is 0.422. The summed E-state index contributed by atoms with van der Waals surface area (Å²) in [6, 6.07) is 1.69. The molecule has 0 amide bonds.